The number of hydrogen-bond acceptors (Lipinski definition) is 5. The van der Waals surface area contributed by atoms with Gasteiger partial charge in [0.15, 0.2) is 6.23 Å². The molecule has 0 saturated carbocycles. The third kappa shape index (κ3) is 1.61. The molecule has 7 heteroatoms. The van der Waals surface area contributed by atoms with Crippen molar-refractivity contribution >= 4 is 22.6 Å². The highest BCUT2D eigenvalue weighted by molar-refractivity contribution is 6.33. The topological polar surface area (TPSA) is 80.4 Å². The summed E-state index contributed by atoms with van der Waals surface area (Å²) in [5.74, 6) is 0. The summed E-state index contributed by atoms with van der Waals surface area (Å²) in [4.78, 5) is 8.01. The molecule has 2 N–H and O–H groups in total. The lowest BCUT2D eigenvalue weighted by Crippen LogP contribution is -2.30. The van der Waals surface area contributed by atoms with E-state index in [1.807, 2.05) is 0 Å². The number of hydrogen-bond donors (Lipinski definition) is 2. The van der Waals surface area contributed by atoms with Gasteiger partial charge in [-0.15, -0.1) is 0 Å². The van der Waals surface area contributed by atoms with Crippen LogP contribution in [0.3, 0.4) is 0 Å². The van der Waals surface area contributed by atoms with Gasteiger partial charge in [-0.1, -0.05) is 11.6 Å². The molecule has 0 bridgehead atoms. The van der Waals surface area contributed by atoms with Crippen molar-refractivity contribution < 1.29 is 14.9 Å². The Morgan fingerprint density at radius 3 is 2.78 bits per heavy atom. The summed E-state index contributed by atoms with van der Waals surface area (Å²) >= 11 is 5.95. The Morgan fingerprint density at radius 1 is 1.33 bits per heavy atom. The zero-order valence-electron chi connectivity index (χ0n) is 9.56. The second-order valence-electron chi connectivity index (χ2n) is 4.34. The van der Waals surface area contributed by atoms with Crippen molar-refractivity contribution in [1.82, 2.24) is 14.5 Å². The Morgan fingerprint density at radius 2 is 2.11 bits per heavy atom. The number of ether oxygens (including phenoxy) is 1. The van der Waals surface area contributed by atoms with E-state index in [0.29, 0.717) is 16.2 Å². The monoisotopic (exact) mass is 269 g/mol. The molecular weight excluding hydrogens is 258 g/mol. The van der Waals surface area contributed by atoms with Gasteiger partial charge in [0.25, 0.3) is 0 Å². The van der Waals surface area contributed by atoms with E-state index < -0.39 is 24.5 Å². The van der Waals surface area contributed by atoms with Crippen LogP contribution in [-0.4, -0.2) is 43.1 Å². The van der Waals surface area contributed by atoms with Crippen molar-refractivity contribution in [3.63, 3.8) is 0 Å². The number of halogens is 1. The third-order valence-electron chi connectivity index (χ3n) is 3.21. The molecule has 0 aliphatic carbocycles. The van der Waals surface area contributed by atoms with Gasteiger partial charge >= 0.3 is 0 Å². The Bertz CT molecular complexity index is 588. The smallest absolute Gasteiger partial charge is 0.164 e. The first-order valence-corrected chi connectivity index (χ1v) is 5.96. The van der Waals surface area contributed by atoms with Crippen LogP contribution in [0.2, 0.25) is 5.15 Å². The first kappa shape index (κ1) is 11.9. The highest BCUT2D eigenvalue weighted by Crippen LogP contribution is 2.32. The van der Waals surface area contributed by atoms with E-state index >= 15 is 0 Å². The molecule has 0 unspecified atom stereocenters. The second kappa shape index (κ2) is 4.17. The first-order chi connectivity index (χ1) is 8.59. The van der Waals surface area contributed by atoms with E-state index in [-0.39, 0.29) is 0 Å². The normalized spacial score (nSPS) is 32.2. The van der Waals surface area contributed by atoms with Gasteiger partial charge in [-0.25, -0.2) is 9.97 Å². The summed E-state index contributed by atoms with van der Waals surface area (Å²) in [6.07, 6.45) is 0.0546. The van der Waals surface area contributed by atoms with Crippen LogP contribution in [-0.2, 0) is 4.74 Å². The van der Waals surface area contributed by atoms with E-state index in [1.54, 1.807) is 23.8 Å². The van der Waals surface area contributed by atoms with E-state index in [2.05, 4.69) is 9.97 Å². The minimum Gasteiger partial charge on any atom is -0.388 e. The Balaban J connectivity index is 2.08. The molecule has 2 aromatic rings. The molecule has 1 fully saturated rings. The van der Waals surface area contributed by atoms with Crippen LogP contribution in [0.15, 0.2) is 18.6 Å². The van der Waals surface area contributed by atoms with Gasteiger partial charge in [-0.05, 0) is 13.0 Å². The SMILES string of the molecule is C[C@H]1O[C@@H](n2ccc3c(Cl)ncnc32)[C@H](O)[C@@H]1O. The van der Waals surface area contributed by atoms with Crippen LogP contribution >= 0.6 is 11.6 Å². The average molecular weight is 270 g/mol. The van der Waals surface area contributed by atoms with Gasteiger partial charge in [0.1, 0.15) is 29.3 Å². The highest BCUT2D eigenvalue weighted by atomic mass is 35.5. The molecule has 18 heavy (non-hydrogen) atoms. The summed E-state index contributed by atoms with van der Waals surface area (Å²) in [5, 5.41) is 20.7. The number of fused-ring (bicyclic) bond motifs is 1. The molecule has 1 aliphatic heterocycles. The largest absolute Gasteiger partial charge is 0.388 e. The maximum absolute atomic E-state index is 9.96. The van der Waals surface area contributed by atoms with Gasteiger partial charge in [-0.2, -0.15) is 0 Å². The van der Waals surface area contributed by atoms with Crippen LogP contribution in [0.4, 0.5) is 0 Å². The fraction of sp³-hybridized carbons (Fsp3) is 0.455. The highest BCUT2D eigenvalue weighted by Gasteiger charge is 2.41. The number of aliphatic hydroxyl groups is 2. The summed E-state index contributed by atoms with van der Waals surface area (Å²) in [7, 11) is 0. The van der Waals surface area contributed by atoms with Crippen LogP contribution < -0.4 is 0 Å². The molecule has 1 aliphatic rings. The summed E-state index contributed by atoms with van der Waals surface area (Å²) in [5.41, 5.74) is 0.570. The maximum Gasteiger partial charge on any atom is 0.164 e. The fourth-order valence-corrected chi connectivity index (χ4v) is 2.39. The van der Waals surface area contributed by atoms with E-state index in [0.717, 1.165) is 0 Å². The third-order valence-corrected chi connectivity index (χ3v) is 3.51. The van der Waals surface area contributed by atoms with Crippen LogP contribution in [0.1, 0.15) is 13.2 Å². The average Bonchev–Trinajstić information content (AvgIpc) is 2.88. The van der Waals surface area contributed by atoms with Crippen LogP contribution in [0.5, 0.6) is 0 Å². The molecule has 0 radical (unpaired) electrons. The van der Waals surface area contributed by atoms with Crippen LogP contribution in [0, 0.1) is 0 Å². The summed E-state index contributed by atoms with van der Waals surface area (Å²) in [6.45, 7) is 1.71. The quantitative estimate of drug-likeness (QED) is 0.746. The second-order valence-corrected chi connectivity index (χ2v) is 4.70. The minimum atomic E-state index is -0.996. The Hall–Kier alpha value is -1.21. The van der Waals surface area contributed by atoms with Crippen molar-refractivity contribution in [2.45, 2.75) is 31.5 Å². The standard InChI is InChI=1S/C11H12ClN3O3/c1-5-7(16)8(17)11(18-5)15-3-2-6-9(12)13-4-14-10(6)15/h2-5,7-8,11,16-17H,1H3/t5-,7-,8-,11-/m1/s1. The zero-order chi connectivity index (χ0) is 12.9. The van der Waals surface area contributed by atoms with Crippen molar-refractivity contribution in [3.05, 3.63) is 23.7 Å². The minimum absolute atomic E-state index is 0.347. The number of aromatic nitrogens is 3. The van der Waals surface area contributed by atoms with Crippen molar-refractivity contribution in [2.24, 2.45) is 0 Å². The van der Waals surface area contributed by atoms with Crippen molar-refractivity contribution in [2.75, 3.05) is 0 Å². The zero-order valence-corrected chi connectivity index (χ0v) is 10.3. The van der Waals surface area contributed by atoms with Gasteiger partial charge in [0.2, 0.25) is 0 Å². The maximum atomic E-state index is 9.96. The number of rotatable bonds is 1. The molecule has 0 aromatic carbocycles. The van der Waals surface area contributed by atoms with Crippen LogP contribution in [0.25, 0.3) is 11.0 Å². The molecular formula is C11H12ClN3O3. The molecule has 1 saturated heterocycles. The summed E-state index contributed by atoms with van der Waals surface area (Å²) in [6, 6.07) is 1.75. The molecule has 0 amide bonds. The van der Waals surface area contributed by atoms with Gasteiger partial charge in [-0.3, -0.25) is 0 Å². The molecule has 96 valence electrons. The van der Waals surface area contributed by atoms with E-state index in [1.165, 1.54) is 6.33 Å². The molecule has 2 aromatic heterocycles. The van der Waals surface area contributed by atoms with Crippen molar-refractivity contribution in [1.29, 1.82) is 0 Å². The molecule has 3 rings (SSSR count). The summed E-state index contributed by atoms with van der Waals surface area (Å²) < 4.78 is 7.19. The van der Waals surface area contributed by atoms with Gasteiger partial charge in [0.05, 0.1) is 11.5 Å². The lowest BCUT2D eigenvalue weighted by Gasteiger charge is -2.17. The molecule has 6 nitrogen and oxygen atoms in total. The first-order valence-electron chi connectivity index (χ1n) is 5.58. The Kier molecular flexibility index (Phi) is 2.74. The predicted octanol–water partition coefficient (Wildman–Crippen LogP) is 0.724. The van der Waals surface area contributed by atoms with Crippen molar-refractivity contribution in [3.8, 4) is 0 Å². The predicted molar refractivity (Wildman–Crippen MR) is 64.1 cm³/mol. The lowest BCUT2D eigenvalue weighted by atomic mass is 10.1. The van der Waals surface area contributed by atoms with Gasteiger partial charge in [0, 0.05) is 6.20 Å². The number of aliphatic hydroxyl groups excluding tert-OH is 2. The number of nitrogens with zero attached hydrogens (tertiary/aromatic N) is 3. The van der Waals surface area contributed by atoms with Gasteiger partial charge < -0.3 is 19.5 Å². The lowest BCUT2D eigenvalue weighted by molar-refractivity contribution is -0.0296. The van der Waals surface area contributed by atoms with E-state index in [9.17, 15) is 10.2 Å². The molecule has 4 atom stereocenters. The fourth-order valence-electron chi connectivity index (χ4n) is 2.20. The Labute approximate surface area is 108 Å². The van der Waals surface area contributed by atoms with E-state index in [4.69, 9.17) is 16.3 Å². The molecule has 0 spiro atoms. The molecule has 3 heterocycles.